The van der Waals surface area contributed by atoms with Gasteiger partial charge in [-0.05, 0) is 12.5 Å². The summed E-state index contributed by atoms with van der Waals surface area (Å²) in [7, 11) is 0. The first kappa shape index (κ1) is 10.0. The number of rotatable bonds is 4. The third kappa shape index (κ3) is 6.90. The van der Waals surface area contributed by atoms with Crippen molar-refractivity contribution >= 4 is 5.97 Å². The molecular formula is C8H14O3. The molecule has 0 saturated carbocycles. The van der Waals surface area contributed by atoms with Crippen LogP contribution in [0.15, 0.2) is 11.8 Å². The van der Waals surface area contributed by atoms with Gasteiger partial charge in [0.15, 0.2) is 0 Å². The monoisotopic (exact) mass is 158 g/mol. The molecule has 0 fully saturated rings. The van der Waals surface area contributed by atoms with Crippen LogP contribution in [0.5, 0.6) is 0 Å². The summed E-state index contributed by atoms with van der Waals surface area (Å²) >= 11 is 0. The molecular weight excluding hydrogens is 144 g/mol. The Labute approximate surface area is 66.7 Å². The summed E-state index contributed by atoms with van der Waals surface area (Å²) in [5, 5.41) is 9.03. The fourth-order valence-corrected chi connectivity index (χ4v) is 0.637. The third-order valence-electron chi connectivity index (χ3n) is 1.10. The van der Waals surface area contributed by atoms with Crippen LogP contribution in [0.1, 0.15) is 26.7 Å². The molecule has 0 aliphatic carbocycles. The van der Waals surface area contributed by atoms with Crippen LogP contribution < -0.4 is 0 Å². The zero-order chi connectivity index (χ0) is 8.69. The van der Waals surface area contributed by atoms with Crippen molar-refractivity contribution in [2.45, 2.75) is 26.7 Å². The first-order valence-electron chi connectivity index (χ1n) is 3.68. The second kappa shape index (κ2) is 5.77. The molecule has 0 rings (SSSR count). The van der Waals surface area contributed by atoms with Gasteiger partial charge in [-0.15, -0.1) is 0 Å². The van der Waals surface area contributed by atoms with Gasteiger partial charge in [0.1, 0.15) is 0 Å². The lowest BCUT2D eigenvalue weighted by atomic mass is 10.3. The predicted molar refractivity (Wildman–Crippen MR) is 42.3 cm³/mol. The molecule has 0 atom stereocenters. The lowest BCUT2D eigenvalue weighted by Gasteiger charge is -2.00. The lowest BCUT2D eigenvalue weighted by molar-refractivity contribution is -0.140. The summed E-state index contributed by atoms with van der Waals surface area (Å²) in [6.07, 6.45) is 2.91. The molecule has 0 aliphatic rings. The van der Waals surface area contributed by atoms with Gasteiger partial charge in [0, 0.05) is 13.3 Å². The molecule has 0 aromatic carbocycles. The smallest absolute Gasteiger partial charge is 0.302 e. The molecule has 0 aromatic heterocycles. The van der Waals surface area contributed by atoms with Crippen LogP contribution in [0.4, 0.5) is 0 Å². The number of carbonyl (C=O) groups excluding carboxylic acids is 1. The number of ether oxygens (including phenoxy) is 1. The minimum absolute atomic E-state index is 0.262. The van der Waals surface area contributed by atoms with Crippen molar-refractivity contribution in [1.82, 2.24) is 0 Å². The Hall–Kier alpha value is -0.990. The van der Waals surface area contributed by atoms with E-state index in [4.69, 9.17) is 5.11 Å². The highest BCUT2D eigenvalue weighted by Crippen LogP contribution is 1.97. The van der Waals surface area contributed by atoms with Gasteiger partial charge in [-0.25, -0.2) is 0 Å². The molecule has 0 saturated heterocycles. The van der Waals surface area contributed by atoms with E-state index in [0.717, 1.165) is 6.42 Å². The van der Waals surface area contributed by atoms with Crippen LogP contribution >= 0.6 is 0 Å². The Balaban J connectivity index is 3.38. The van der Waals surface area contributed by atoms with Gasteiger partial charge in [-0.3, -0.25) is 4.79 Å². The van der Waals surface area contributed by atoms with Gasteiger partial charge in [0.25, 0.3) is 0 Å². The first-order chi connectivity index (χ1) is 5.16. The second-order valence-electron chi connectivity index (χ2n) is 2.19. The number of allylic oxidation sites excluding steroid dienone is 1. The SMILES string of the molecule is CCC=C(O)CCOC(C)=O. The maximum absolute atomic E-state index is 10.3. The number of hydrogen-bond acceptors (Lipinski definition) is 3. The van der Waals surface area contributed by atoms with E-state index < -0.39 is 0 Å². The van der Waals surface area contributed by atoms with Crippen molar-refractivity contribution in [1.29, 1.82) is 0 Å². The summed E-state index contributed by atoms with van der Waals surface area (Å²) in [6, 6.07) is 0. The van der Waals surface area contributed by atoms with Crippen molar-refractivity contribution in [3.63, 3.8) is 0 Å². The zero-order valence-electron chi connectivity index (χ0n) is 6.96. The molecule has 1 N–H and O–H groups in total. The van der Waals surface area contributed by atoms with E-state index in [1.807, 2.05) is 6.92 Å². The van der Waals surface area contributed by atoms with Crippen LogP contribution in [-0.2, 0) is 9.53 Å². The van der Waals surface area contributed by atoms with E-state index in [2.05, 4.69) is 4.74 Å². The van der Waals surface area contributed by atoms with E-state index in [0.29, 0.717) is 6.42 Å². The van der Waals surface area contributed by atoms with Gasteiger partial charge < -0.3 is 9.84 Å². The Morgan fingerprint density at radius 1 is 1.64 bits per heavy atom. The molecule has 64 valence electrons. The molecule has 0 spiro atoms. The average Bonchev–Trinajstić information content (AvgIpc) is 1.87. The fourth-order valence-electron chi connectivity index (χ4n) is 0.637. The quantitative estimate of drug-likeness (QED) is 0.501. The lowest BCUT2D eigenvalue weighted by Crippen LogP contribution is -2.01. The van der Waals surface area contributed by atoms with Gasteiger partial charge >= 0.3 is 5.97 Å². The first-order valence-corrected chi connectivity index (χ1v) is 3.68. The number of hydrogen-bond donors (Lipinski definition) is 1. The molecule has 0 radical (unpaired) electrons. The van der Waals surface area contributed by atoms with Gasteiger partial charge in [0.05, 0.1) is 12.4 Å². The van der Waals surface area contributed by atoms with Crippen molar-refractivity contribution in [2.75, 3.05) is 6.61 Å². The van der Waals surface area contributed by atoms with Crippen LogP contribution in [-0.4, -0.2) is 17.7 Å². The molecule has 0 bridgehead atoms. The zero-order valence-corrected chi connectivity index (χ0v) is 6.96. The average molecular weight is 158 g/mol. The Bertz CT molecular complexity index is 149. The van der Waals surface area contributed by atoms with E-state index in [1.165, 1.54) is 6.92 Å². The van der Waals surface area contributed by atoms with Gasteiger partial charge in [-0.1, -0.05) is 6.92 Å². The highest BCUT2D eigenvalue weighted by molar-refractivity contribution is 5.65. The number of aliphatic hydroxyl groups is 1. The third-order valence-corrected chi connectivity index (χ3v) is 1.10. The van der Waals surface area contributed by atoms with Crippen LogP contribution in [0.25, 0.3) is 0 Å². The largest absolute Gasteiger partial charge is 0.513 e. The molecule has 0 aromatic rings. The Kier molecular flexibility index (Phi) is 5.25. The topological polar surface area (TPSA) is 46.5 Å². The predicted octanol–water partition coefficient (Wildman–Crippen LogP) is 1.79. The van der Waals surface area contributed by atoms with Crippen LogP contribution in [0, 0.1) is 0 Å². The summed E-state index contributed by atoms with van der Waals surface area (Å²) < 4.78 is 4.62. The maximum atomic E-state index is 10.3. The molecule has 3 nitrogen and oxygen atoms in total. The van der Waals surface area contributed by atoms with Gasteiger partial charge in [0.2, 0.25) is 0 Å². The highest BCUT2D eigenvalue weighted by atomic mass is 16.5. The van der Waals surface area contributed by atoms with Gasteiger partial charge in [-0.2, -0.15) is 0 Å². The summed E-state index contributed by atoms with van der Waals surface area (Å²) in [5.74, 6) is -0.0250. The van der Waals surface area contributed by atoms with Crippen molar-refractivity contribution < 1.29 is 14.6 Å². The van der Waals surface area contributed by atoms with E-state index in [1.54, 1.807) is 6.08 Å². The van der Waals surface area contributed by atoms with Crippen molar-refractivity contribution in [3.05, 3.63) is 11.8 Å². The summed E-state index contributed by atoms with van der Waals surface area (Å²) in [4.78, 5) is 10.3. The highest BCUT2D eigenvalue weighted by Gasteiger charge is 1.94. The second-order valence-corrected chi connectivity index (χ2v) is 2.19. The molecule has 3 heteroatoms. The number of carbonyl (C=O) groups is 1. The van der Waals surface area contributed by atoms with E-state index >= 15 is 0 Å². The molecule has 11 heavy (non-hydrogen) atoms. The molecule has 0 heterocycles. The maximum Gasteiger partial charge on any atom is 0.302 e. The Morgan fingerprint density at radius 2 is 2.27 bits per heavy atom. The minimum Gasteiger partial charge on any atom is -0.513 e. The van der Waals surface area contributed by atoms with Crippen molar-refractivity contribution in [3.8, 4) is 0 Å². The minimum atomic E-state index is -0.311. The van der Waals surface area contributed by atoms with E-state index in [9.17, 15) is 4.79 Å². The molecule has 0 aliphatic heterocycles. The molecule has 0 amide bonds. The summed E-state index contributed by atoms with van der Waals surface area (Å²) in [6.45, 7) is 3.54. The summed E-state index contributed by atoms with van der Waals surface area (Å²) in [5.41, 5.74) is 0. The van der Waals surface area contributed by atoms with Crippen LogP contribution in [0.3, 0.4) is 0 Å². The van der Waals surface area contributed by atoms with Crippen LogP contribution in [0.2, 0.25) is 0 Å². The normalized spacial score (nSPS) is 11.3. The number of aliphatic hydroxyl groups excluding tert-OH is 1. The standard InChI is InChI=1S/C8H14O3/c1-3-4-8(10)5-6-11-7(2)9/h4,10H,3,5-6H2,1-2H3. The Morgan fingerprint density at radius 3 is 2.73 bits per heavy atom. The van der Waals surface area contributed by atoms with E-state index in [-0.39, 0.29) is 18.3 Å². The fraction of sp³-hybridized carbons (Fsp3) is 0.625. The molecule has 0 unspecified atom stereocenters. The van der Waals surface area contributed by atoms with Crippen molar-refractivity contribution in [2.24, 2.45) is 0 Å². The number of esters is 1.